The highest BCUT2D eigenvalue weighted by molar-refractivity contribution is 5.95. The van der Waals surface area contributed by atoms with Crippen LogP contribution in [0.15, 0.2) is 78.9 Å². The number of rotatable bonds is 7. The van der Waals surface area contributed by atoms with Gasteiger partial charge in [-0.05, 0) is 41.5 Å². The first-order chi connectivity index (χ1) is 16.1. The number of carbonyl (C=O) groups is 2. The lowest BCUT2D eigenvalue weighted by atomic mass is 9.87. The number of amides is 2. The van der Waals surface area contributed by atoms with Crippen LogP contribution in [0, 0.1) is 5.92 Å². The molecule has 3 aromatic carbocycles. The minimum absolute atomic E-state index is 0.0696. The molecule has 0 aromatic heterocycles. The predicted molar refractivity (Wildman–Crippen MR) is 126 cm³/mol. The topological polar surface area (TPSA) is 67.9 Å². The summed E-state index contributed by atoms with van der Waals surface area (Å²) in [7, 11) is 3.21. The molecule has 1 N–H and O–H groups in total. The van der Waals surface area contributed by atoms with Crippen molar-refractivity contribution in [1.82, 2.24) is 10.2 Å². The number of benzene rings is 3. The van der Waals surface area contributed by atoms with Crippen molar-refractivity contribution in [2.75, 3.05) is 27.3 Å². The van der Waals surface area contributed by atoms with Gasteiger partial charge in [0.1, 0.15) is 11.5 Å². The quantitative estimate of drug-likeness (QED) is 0.601. The number of carbonyl (C=O) groups excluding carboxylic acids is 2. The summed E-state index contributed by atoms with van der Waals surface area (Å²) in [5, 5.41) is 3.06. The summed E-state index contributed by atoms with van der Waals surface area (Å²) in [5.41, 5.74) is 2.54. The Morgan fingerprint density at radius 1 is 0.879 bits per heavy atom. The first kappa shape index (κ1) is 22.4. The monoisotopic (exact) mass is 444 g/mol. The number of hydrogen-bond donors (Lipinski definition) is 1. The van der Waals surface area contributed by atoms with E-state index in [-0.39, 0.29) is 23.7 Å². The van der Waals surface area contributed by atoms with Gasteiger partial charge < -0.3 is 19.7 Å². The molecule has 1 aliphatic heterocycles. The number of ether oxygens (including phenoxy) is 2. The van der Waals surface area contributed by atoms with E-state index >= 15 is 0 Å². The van der Waals surface area contributed by atoms with Crippen LogP contribution in [-0.4, -0.2) is 44.0 Å². The van der Waals surface area contributed by atoms with Crippen LogP contribution in [-0.2, 0) is 11.3 Å². The average Bonchev–Trinajstić information content (AvgIpc) is 3.33. The van der Waals surface area contributed by atoms with Gasteiger partial charge in [-0.2, -0.15) is 0 Å². The Balaban J connectivity index is 1.57. The van der Waals surface area contributed by atoms with E-state index in [1.54, 1.807) is 43.4 Å². The van der Waals surface area contributed by atoms with Crippen LogP contribution in [0.1, 0.15) is 27.4 Å². The highest BCUT2D eigenvalue weighted by Gasteiger charge is 2.41. The predicted octanol–water partition coefficient (Wildman–Crippen LogP) is 3.88. The van der Waals surface area contributed by atoms with Gasteiger partial charge in [-0.1, -0.05) is 48.5 Å². The van der Waals surface area contributed by atoms with Crippen molar-refractivity contribution in [1.29, 1.82) is 0 Å². The standard InChI is InChI=1S/C27H28N2O4/c1-32-21-14-12-20(13-15-21)27(31)29-17-23(22-10-6-7-11-25(22)33-2)24(18-29)26(30)28-16-19-8-4-3-5-9-19/h3-15,23-24H,16-18H2,1-2H3,(H,28,30). The number of para-hydroxylation sites is 1. The van der Waals surface area contributed by atoms with Gasteiger partial charge in [-0.3, -0.25) is 9.59 Å². The lowest BCUT2D eigenvalue weighted by Crippen LogP contribution is -2.35. The fourth-order valence-electron chi connectivity index (χ4n) is 4.36. The molecule has 3 aromatic rings. The van der Waals surface area contributed by atoms with E-state index < -0.39 is 0 Å². The van der Waals surface area contributed by atoms with Crippen LogP contribution in [0.2, 0.25) is 0 Å². The summed E-state index contributed by atoms with van der Waals surface area (Å²) in [6, 6.07) is 24.5. The summed E-state index contributed by atoms with van der Waals surface area (Å²) in [6.07, 6.45) is 0. The molecule has 2 atom stereocenters. The maximum atomic E-state index is 13.3. The minimum Gasteiger partial charge on any atom is -0.497 e. The van der Waals surface area contributed by atoms with Gasteiger partial charge in [0.05, 0.1) is 20.1 Å². The van der Waals surface area contributed by atoms with Gasteiger partial charge >= 0.3 is 0 Å². The minimum atomic E-state index is -0.382. The first-order valence-corrected chi connectivity index (χ1v) is 11.0. The zero-order chi connectivity index (χ0) is 23.2. The molecule has 6 nitrogen and oxygen atoms in total. The lowest BCUT2D eigenvalue weighted by Gasteiger charge is -2.20. The number of nitrogens with one attached hydrogen (secondary N) is 1. The molecule has 2 amide bonds. The number of methoxy groups -OCH3 is 2. The largest absolute Gasteiger partial charge is 0.497 e. The molecule has 170 valence electrons. The van der Waals surface area contributed by atoms with Gasteiger partial charge in [-0.25, -0.2) is 0 Å². The Kier molecular flexibility index (Phi) is 6.93. The molecular formula is C27H28N2O4. The molecule has 0 bridgehead atoms. The molecule has 0 saturated carbocycles. The zero-order valence-electron chi connectivity index (χ0n) is 18.9. The third-order valence-electron chi connectivity index (χ3n) is 6.13. The van der Waals surface area contributed by atoms with Crippen molar-refractivity contribution in [3.8, 4) is 11.5 Å². The second-order valence-corrected chi connectivity index (χ2v) is 8.10. The summed E-state index contributed by atoms with van der Waals surface area (Å²) in [4.78, 5) is 28.3. The summed E-state index contributed by atoms with van der Waals surface area (Å²) >= 11 is 0. The average molecular weight is 445 g/mol. The van der Waals surface area contributed by atoms with Gasteiger partial charge in [-0.15, -0.1) is 0 Å². The Labute approximate surface area is 194 Å². The Morgan fingerprint density at radius 3 is 2.27 bits per heavy atom. The van der Waals surface area contributed by atoms with E-state index in [9.17, 15) is 9.59 Å². The first-order valence-electron chi connectivity index (χ1n) is 11.0. The molecule has 1 aliphatic rings. The van der Waals surface area contributed by atoms with Crippen molar-refractivity contribution in [2.45, 2.75) is 12.5 Å². The molecule has 1 fully saturated rings. The number of likely N-dealkylation sites (tertiary alicyclic amines) is 1. The normalized spacial score (nSPS) is 17.5. The summed E-state index contributed by atoms with van der Waals surface area (Å²) in [6.45, 7) is 1.23. The SMILES string of the molecule is COc1ccc(C(=O)N2CC(C(=O)NCc3ccccc3)C(c3ccccc3OC)C2)cc1. The van der Waals surface area contributed by atoms with E-state index in [2.05, 4.69) is 5.32 Å². The van der Waals surface area contributed by atoms with Gasteiger partial charge in [0.25, 0.3) is 5.91 Å². The molecule has 2 unspecified atom stereocenters. The second kappa shape index (κ2) is 10.2. The fraction of sp³-hybridized carbons (Fsp3) is 0.259. The molecule has 0 spiro atoms. The highest BCUT2D eigenvalue weighted by atomic mass is 16.5. The van der Waals surface area contributed by atoms with Crippen molar-refractivity contribution in [3.63, 3.8) is 0 Å². The Bertz CT molecular complexity index is 1100. The van der Waals surface area contributed by atoms with Crippen molar-refractivity contribution in [2.24, 2.45) is 5.92 Å². The molecule has 4 rings (SSSR count). The molecule has 1 saturated heterocycles. The molecule has 0 aliphatic carbocycles. The number of nitrogens with zero attached hydrogens (tertiary/aromatic N) is 1. The van der Waals surface area contributed by atoms with Crippen LogP contribution in [0.25, 0.3) is 0 Å². The lowest BCUT2D eigenvalue weighted by molar-refractivity contribution is -0.125. The fourth-order valence-corrected chi connectivity index (χ4v) is 4.36. The molecule has 33 heavy (non-hydrogen) atoms. The van der Waals surface area contributed by atoms with Crippen LogP contribution in [0.5, 0.6) is 11.5 Å². The van der Waals surface area contributed by atoms with E-state index in [0.717, 1.165) is 16.9 Å². The van der Waals surface area contributed by atoms with Gasteiger partial charge in [0.2, 0.25) is 5.91 Å². The summed E-state index contributed by atoms with van der Waals surface area (Å²) < 4.78 is 10.8. The molecule has 6 heteroatoms. The van der Waals surface area contributed by atoms with Gasteiger partial charge in [0.15, 0.2) is 0 Å². The third-order valence-corrected chi connectivity index (χ3v) is 6.13. The Hall–Kier alpha value is -3.80. The van der Waals surface area contributed by atoms with E-state index in [1.165, 1.54) is 0 Å². The smallest absolute Gasteiger partial charge is 0.253 e. The van der Waals surface area contributed by atoms with Crippen molar-refractivity contribution < 1.29 is 19.1 Å². The molecule has 0 radical (unpaired) electrons. The molecule has 1 heterocycles. The summed E-state index contributed by atoms with van der Waals surface area (Å²) in [5.74, 6) is 0.696. The Morgan fingerprint density at radius 2 is 1.58 bits per heavy atom. The van der Waals surface area contributed by atoms with Gasteiger partial charge in [0, 0.05) is 31.1 Å². The van der Waals surface area contributed by atoms with Crippen LogP contribution in [0.3, 0.4) is 0 Å². The number of hydrogen-bond acceptors (Lipinski definition) is 4. The van der Waals surface area contributed by atoms with Crippen LogP contribution >= 0.6 is 0 Å². The van der Waals surface area contributed by atoms with E-state index in [0.29, 0.717) is 30.9 Å². The van der Waals surface area contributed by atoms with Crippen LogP contribution in [0.4, 0.5) is 0 Å². The van der Waals surface area contributed by atoms with E-state index in [4.69, 9.17) is 9.47 Å². The van der Waals surface area contributed by atoms with Crippen molar-refractivity contribution in [3.05, 3.63) is 95.6 Å². The maximum absolute atomic E-state index is 13.3. The zero-order valence-corrected chi connectivity index (χ0v) is 18.9. The van der Waals surface area contributed by atoms with E-state index in [1.807, 2.05) is 54.6 Å². The highest BCUT2D eigenvalue weighted by Crippen LogP contribution is 2.38. The third kappa shape index (κ3) is 5.00. The van der Waals surface area contributed by atoms with Crippen molar-refractivity contribution >= 4 is 11.8 Å². The van der Waals surface area contributed by atoms with Crippen LogP contribution < -0.4 is 14.8 Å². The second-order valence-electron chi connectivity index (χ2n) is 8.10. The maximum Gasteiger partial charge on any atom is 0.253 e. The molecular weight excluding hydrogens is 416 g/mol.